The van der Waals surface area contributed by atoms with Gasteiger partial charge in [0.1, 0.15) is 11.6 Å². The van der Waals surface area contributed by atoms with Crippen LogP contribution in [0.2, 0.25) is 0 Å². The Balaban J connectivity index is 1.34. The maximum absolute atomic E-state index is 12.8. The second-order valence-corrected chi connectivity index (χ2v) is 6.27. The number of piperazine rings is 1. The lowest BCUT2D eigenvalue weighted by atomic mass is 10.2. The molecule has 0 amide bonds. The molecule has 3 rings (SSSR count). The number of benzene rings is 1. The zero-order valence-electron chi connectivity index (χ0n) is 12.8. The van der Waals surface area contributed by atoms with Crippen molar-refractivity contribution in [3.8, 4) is 5.75 Å². The Morgan fingerprint density at radius 2 is 1.95 bits per heavy atom. The van der Waals surface area contributed by atoms with E-state index in [1.165, 1.54) is 44.6 Å². The van der Waals surface area contributed by atoms with Crippen LogP contribution in [0.4, 0.5) is 4.39 Å². The molecule has 1 heterocycles. The summed E-state index contributed by atoms with van der Waals surface area (Å²) in [5, 5.41) is 0. The number of hydrogen-bond acceptors (Lipinski definition) is 3. The van der Waals surface area contributed by atoms with Gasteiger partial charge in [-0.05, 0) is 50.5 Å². The molecule has 0 N–H and O–H groups in total. The number of hydrogen-bond donors (Lipinski definition) is 0. The third-order valence-corrected chi connectivity index (χ3v) is 4.53. The second-order valence-electron chi connectivity index (χ2n) is 6.27. The quantitative estimate of drug-likeness (QED) is 0.750. The molecule has 1 saturated heterocycles. The van der Waals surface area contributed by atoms with Crippen molar-refractivity contribution in [2.75, 3.05) is 32.8 Å². The molecule has 0 radical (unpaired) electrons. The summed E-state index contributed by atoms with van der Waals surface area (Å²) >= 11 is 0. The molecule has 1 saturated carbocycles. The van der Waals surface area contributed by atoms with E-state index in [-0.39, 0.29) is 5.82 Å². The minimum Gasteiger partial charge on any atom is -0.494 e. The van der Waals surface area contributed by atoms with Gasteiger partial charge in [0, 0.05) is 38.3 Å². The predicted molar refractivity (Wildman–Crippen MR) is 82.1 cm³/mol. The highest BCUT2D eigenvalue weighted by Crippen LogP contribution is 2.28. The summed E-state index contributed by atoms with van der Waals surface area (Å²) in [5.41, 5.74) is 0. The number of rotatable bonds is 6. The van der Waals surface area contributed by atoms with Crippen molar-refractivity contribution < 1.29 is 9.13 Å². The van der Waals surface area contributed by atoms with Gasteiger partial charge in [-0.1, -0.05) is 0 Å². The predicted octanol–water partition coefficient (Wildman–Crippen LogP) is 2.76. The van der Waals surface area contributed by atoms with Crippen molar-refractivity contribution in [3.63, 3.8) is 0 Å². The van der Waals surface area contributed by atoms with E-state index < -0.39 is 0 Å². The minimum atomic E-state index is -0.218. The summed E-state index contributed by atoms with van der Waals surface area (Å²) in [6.45, 7) is 7.71. The Bertz CT molecular complexity index is 447. The number of nitrogens with zero attached hydrogens (tertiary/aromatic N) is 2. The number of ether oxygens (including phenoxy) is 1. The second kappa shape index (κ2) is 6.75. The van der Waals surface area contributed by atoms with Crippen LogP contribution in [-0.2, 0) is 0 Å². The van der Waals surface area contributed by atoms with Gasteiger partial charge in [0.15, 0.2) is 0 Å². The third-order valence-electron chi connectivity index (χ3n) is 4.53. The molecule has 0 bridgehead atoms. The summed E-state index contributed by atoms with van der Waals surface area (Å²) in [7, 11) is 0. The SMILES string of the molecule is CC1CN(C2CC2)CCN1CCCOc1ccc(F)cc1. The van der Waals surface area contributed by atoms with Gasteiger partial charge in [-0.3, -0.25) is 9.80 Å². The van der Waals surface area contributed by atoms with Gasteiger partial charge < -0.3 is 4.74 Å². The lowest BCUT2D eigenvalue weighted by molar-refractivity contribution is 0.0743. The first-order valence-corrected chi connectivity index (χ1v) is 8.09. The van der Waals surface area contributed by atoms with Crippen LogP contribution < -0.4 is 4.74 Å². The van der Waals surface area contributed by atoms with Gasteiger partial charge in [-0.15, -0.1) is 0 Å². The summed E-state index contributed by atoms with van der Waals surface area (Å²) in [5.74, 6) is 0.535. The van der Waals surface area contributed by atoms with Gasteiger partial charge >= 0.3 is 0 Å². The number of halogens is 1. The smallest absolute Gasteiger partial charge is 0.123 e. The fourth-order valence-electron chi connectivity index (χ4n) is 3.12. The highest BCUT2D eigenvalue weighted by molar-refractivity contribution is 5.21. The van der Waals surface area contributed by atoms with Gasteiger partial charge in [0.2, 0.25) is 0 Å². The molecule has 1 aromatic carbocycles. The Morgan fingerprint density at radius 1 is 1.19 bits per heavy atom. The zero-order chi connectivity index (χ0) is 14.7. The zero-order valence-corrected chi connectivity index (χ0v) is 12.8. The molecule has 3 nitrogen and oxygen atoms in total. The van der Waals surface area contributed by atoms with Crippen LogP contribution in [-0.4, -0.2) is 54.7 Å². The van der Waals surface area contributed by atoms with Crippen LogP contribution >= 0.6 is 0 Å². The molecule has 1 aliphatic heterocycles. The lowest BCUT2D eigenvalue weighted by Crippen LogP contribution is -2.52. The molecule has 2 aliphatic rings. The average Bonchev–Trinajstić information content (AvgIpc) is 3.31. The van der Waals surface area contributed by atoms with Crippen molar-refractivity contribution in [2.45, 2.75) is 38.3 Å². The van der Waals surface area contributed by atoms with Crippen LogP contribution in [0.1, 0.15) is 26.2 Å². The third kappa shape index (κ3) is 4.17. The van der Waals surface area contributed by atoms with E-state index in [9.17, 15) is 4.39 Å². The van der Waals surface area contributed by atoms with Gasteiger partial charge in [0.25, 0.3) is 0 Å². The molecule has 1 aliphatic carbocycles. The molecular weight excluding hydrogens is 267 g/mol. The monoisotopic (exact) mass is 292 g/mol. The molecule has 0 aromatic heterocycles. The largest absolute Gasteiger partial charge is 0.494 e. The van der Waals surface area contributed by atoms with Crippen LogP contribution in [0, 0.1) is 5.82 Å². The van der Waals surface area contributed by atoms with E-state index in [1.54, 1.807) is 12.1 Å². The highest BCUT2D eigenvalue weighted by atomic mass is 19.1. The fraction of sp³-hybridized carbons (Fsp3) is 0.647. The molecule has 4 heteroatoms. The summed E-state index contributed by atoms with van der Waals surface area (Å²) in [4.78, 5) is 5.21. The van der Waals surface area contributed by atoms with Crippen LogP contribution in [0.5, 0.6) is 5.75 Å². The first kappa shape index (κ1) is 14.8. The molecule has 1 unspecified atom stereocenters. The normalized spacial score (nSPS) is 24.2. The topological polar surface area (TPSA) is 15.7 Å². The molecule has 0 spiro atoms. The van der Waals surface area contributed by atoms with Gasteiger partial charge in [-0.25, -0.2) is 4.39 Å². The van der Waals surface area contributed by atoms with E-state index in [1.807, 2.05) is 0 Å². The average molecular weight is 292 g/mol. The van der Waals surface area contributed by atoms with E-state index >= 15 is 0 Å². The van der Waals surface area contributed by atoms with Gasteiger partial charge in [0.05, 0.1) is 6.61 Å². The minimum absolute atomic E-state index is 0.218. The lowest BCUT2D eigenvalue weighted by Gasteiger charge is -2.40. The van der Waals surface area contributed by atoms with Crippen molar-refractivity contribution in [1.29, 1.82) is 0 Å². The summed E-state index contributed by atoms with van der Waals surface area (Å²) in [6.07, 6.45) is 3.82. The van der Waals surface area contributed by atoms with E-state index in [0.29, 0.717) is 12.6 Å². The van der Waals surface area contributed by atoms with E-state index in [4.69, 9.17) is 4.74 Å². The first-order valence-electron chi connectivity index (χ1n) is 8.09. The van der Waals surface area contributed by atoms with Crippen LogP contribution in [0.15, 0.2) is 24.3 Å². The van der Waals surface area contributed by atoms with Crippen LogP contribution in [0.25, 0.3) is 0 Å². The molecule has 116 valence electrons. The maximum Gasteiger partial charge on any atom is 0.123 e. The van der Waals surface area contributed by atoms with Crippen molar-refractivity contribution in [3.05, 3.63) is 30.1 Å². The Hall–Kier alpha value is -1.13. The van der Waals surface area contributed by atoms with E-state index in [0.717, 1.165) is 24.8 Å². The van der Waals surface area contributed by atoms with Crippen molar-refractivity contribution in [1.82, 2.24) is 9.80 Å². The highest BCUT2D eigenvalue weighted by Gasteiger charge is 2.33. The Labute approximate surface area is 126 Å². The summed E-state index contributed by atoms with van der Waals surface area (Å²) in [6, 6.07) is 7.78. The molecular formula is C17H25FN2O. The summed E-state index contributed by atoms with van der Waals surface area (Å²) < 4.78 is 18.4. The molecule has 1 atom stereocenters. The molecule has 1 aromatic rings. The van der Waals surface area contributed by atoms with E-state index in [2.05, 4.69) is 16.7 Å². The maximum atomic E-state index is 12.8. The molecule has 21 heavy (non-hydrogen) atoms. The Kier molecular flexibility index (Phi) is 4.76. The fourth-order valence-corrected chi connectivity index (χ4v) is 3.12. The standard InChI is InChI=1S/C17H25FN2O/c1-14-13-20(16-5-6-16)11-10-19(14)9-2-12-21-17-7-3-15(18)4-8-17/h3-4,7-8,14,16H,2,5-6,9-13H2,1H3. The van der Waals surface area contributed by atoms with Crippen molar-refractivity contribution in [2.24, 2.45) is 0 Å². The van der Waals surface area contributed by atoms with Crippen molar-refractivity contribution >= 4 is 0 Å². The van der Waals surface area contributed by atoms with Crippen LogP contribution in [0.3, 0.4) is 0 Å². The first-order chi connectivity index (χ1) is 10.2. The Morgan fingerprint density at radius 3 is 2.62 bits per heavy atom. The molecule has 2 fully saturated rings. The van der Waals surface area contributed by atoms with Gasteiger partial charge in [-0.2, -0.15) is 0 Å².